The molecule has 0 aromatic carbocycles. The van der Waals surface area contributed by atoms with Crippen LogP contribution in [0.4, 0.5) is 5.82 Å². The fourth-order valence-corrected chi connectivity index (χ4v) is 4.29. The largest absolute Gasteiger partial charge is 0.381 e. The summed E-state index contributed by atoms with van der Waals surface area (Å²) >= 11 is 1.54. The predicted molar refractivity (Wildman–Crippen MR) is 84.6 cm³/mol. The summed E-state index contributed by atoms with van der Waals surface area (Å²) in [6, 6.07) is 3.62. The van der Waals surface area contributed by atoms with E-state index in [0.717, 1.165) is 17.7 Å². The molecule has 0 radical (unpaired) electrons. The van der Waals surface area contributed by atoms with Crippen LogP contribution in [0.15, 0.2) is 28.6 Å². The quantitative estimate of drug-likeness (QED) is 0.816. The first kappa shape index (κ1) is 16.0. The number of nitrogens with zero attached hydrogens (tertiary/aromatic N) is 2. The molecule has 0 fully saturated rings. The summed E-state index contributed by atoms with van der Waals surface area (Å²) < 4.78 is 29.3. The number of aromatic nitrogens is 2. The second-order valence-electron chi connectivity index (χ2n) is 4.71. The fourth-order valence-electron chi connectivity index (χ4n) is 2.08. The van der Waals surface area contributed by atoms with E-state index < -0.39 is 10.0 Å². The normalized spacial score (nSPS) is 13.4. The molecule has 0 aliphatic rings. The Morgan fingerprint density at radius 1 is 1.48 bits per heavy atom. The molecule has 2 aromatic heterocycles. The van der Waals surface area contributed by atoms with Crippen LogP contribution in [0.3, 0.4) is 0 Å². The smallest absolute Gasteiger partial charge is 0.246 e. The molecule has 0 aliphatic heterocycles. The monoisotopic (exact) mass is 328 g/mol. The number of sulfonamides is 1. The van der Waals surface area contributed by atoms with Crippen molar-refractivity contribution in [3.8, 4) is 0 Å². The third kappa shape index (κ3) is 3.63. The maximum absolute atomic E-state index is 12.5. The van der Waals surface area contributed by atoms with Gasteiger partial charge in [-0.15, -0.1) is 11.3 Å². The highest BCUT2D eigenvalue weighted by Crippen LogP contribution is 2.26. The zero-order valence-electron chi connectivity index (χ0n) is 12.1. The van der Waals surface area contributed by atoms with Crippen LogP contribution in [0.25, 0.3) is 0 Å². The van der Waals surface area contributed by atoms with Crippen molar-refractivity contribution in [3.63, 3.8) is 0 Å². The lowest BCUT2D eigenvalue weighted by atomic mass is 10.1. The summed E-state index contributed by atoms with van der Waals surface area (Å²) in [7, 11) is -3.68. The van der Waals surface area contributed by atoms with Crippen molar-refractivity contribution in [1.29, 1.82) is 0 Å². The van der Waals surface area contributed by atoms with Gasteiger partial charge in [-0.1, -0.05) is 19.4 Å². The minimum absolute atomic E-state index is 0.0331. The van der Waals surface area contributed by atoms with E-state index in [9.17, 15) is 8.42 Å². The second kappa shape index (κ2) is 6.59. The lowest BCUT2D eigenvalue weighted by Gasteiger charge is -2.16. The molecular formula is C13H20N4O2S2. The van der Waals surface area contributed by atoms with Crippen LogP contribution in [-0.2, 0) is 16.6 Å². The van der Waals surface area contributed by atoms with Gasteiger partial charge >= 0.3 is 0 Å². The van der Waals surface area contributed by atoms with Crippen LogP contribution < -0.4 is 10.5 Å². The Morgan fingerprint density at radius 2 is 2.24 bits per heavy atom. The van der Waals surface area contributed by atoms with Gasteiger partial charge in [0.15, 0.2) is 5.82 Å². The van der Waals surface area contributed by atoms with Gasteiger partial charge in [-0.2, -0.15) is 5.10 Å². The highest BCUT2D eigenvalue weighted by molar-refractivity contribution is 7.89. The van der Waals surface area contributed by atoms with Crippen molar-refractivity contribution in [1.82, 2.24) is 14.5 Å². The first-order valence-corrected chi connectivity index (χ1v) is 9.22. The van der Waals surface area contributed by atoms with E-state index in [0.29, 0.717) is 6.54 Å². The highest BCUT2D eigenvalue weighted by Gasteiger charge is 2.25. The molecule has 0 bridgehead atoms. The van der Waals surface area contributed by atoms with E-state index in [1.165, 1.54) is 10.9 Å². The minimum atomic E-state index is -3.68. The molecule has 2 heterocycles. The number of nitrogens with two attached hydrogens (primary N) is 1. The number of nitrogen functional groups attached to an aromatic ring is 1. The van der Waals surface area contributed by atoms with E-state index in [1.807, 2.05) is 31.4 Å². The van der Waals surface area contributed by atoms with Gasteiger partial charge in [0, 0.05) is 17.6 Å². The van der Waals surface area contributed by atoms with E-state index in [4.69, 9.17) is 5.73 Å². The molecule has 2 aromatic rings. The molecule has 0 spiro atoms. The summed E-state index contributed by atoms with van der Waals surface area (Å²) in [6.45, 7) is 4.48. The first-order chi connectivity index (χ1) is 9.97. The van der Waals surface area contributed by atoms with Crippen LogP contribution in [-0.4, -0.2) is 18.2 Å². The van der Waals surface area contributed by atoms with Gasteiger partial charge in [-0.3, -0.25) is 4.68 Å². The molecule has 0 saturated carbocycles. The van der Waals surface area contributed by atoms with Crippen molar-refractivity contribution in [2.45, 2.75) is 44.2 Å². The molecule has 1 unspecified atom stereocenters. The molecule has 116 valence electrons. The number of aryl methyl sites for hydroxylation is 1. The zero-order valence-corrected chi connectivity index (χ0v) is 13.7. The van der Waals surface area contributed by atoms with Crippen molar-refractivity contribution < 1.29 is 8.42 Å². The Labute approximate surface area is 129 Å². The molecule has 8 heteroatoms. The number of anilines is 1. The maximum atomic E-state index is 12.5. The number of hydrogen-bond acceptors (Lipinski definition) is 5. The Bertz CT molecular complexity index is 677. The predicted octanol–water partition coefficient (Wildman–Crippen LogP) is 2.37. The Kier molecular flexibility index (Phi) is 5.02. The molecule has 1 atom stereocenters. The van der Waals surface area contributed by atoms with Crippen LogP contribution in [0.5, 0.6) is 0 Å². The summed E-state index contributed by atoms with van der Waals surface area (Å²) in [4.78, 5) is 1.05. The summed E-state index contributed by atoms with van der Waals surface area (Å²) in [5.41, 5.74) is 5.72. The van der Waals surface area contributed by atoms with Crippen molar-refractivity contribution in [2.75, 3.05) is 5.73 Å². The molecule has 0 amide bonds. The molecule has 21 heavy (non-hydrogen) atoms. The number of nitrogens with one attached hydrogen (secondary N) is 1. The van der Waals surface area contributed by atoms with Crippen LogP contribution in [0.1, 0.15) is 37.6 Å². The van der Waals surface area contributed by atoms with Crippen molar-refractivity contribution >= 4 is 27.2 Å². The van der Waals surface area contributed by atoms with E-state index in [1.54, 1.807) is 11.3 Å². The van der Waals surface area contributed by atoms with Gasteiger partial charge in [0.1, 0.15) is 4.90 Å². The lowest BCUT2D eigenvalue weighted by Crippen LogP contribution is -2.28. The fraction of sp³-hybridized carbons (Fsp3) is 0.462. The van der Waals surface area contributed by atoms with Crippen molar-refractivity contribution in [3.05, 3.63) is 28.6 Å². The molecule has 0 aliphatic carbocycles. The van der Waals surface area contributed by atoms with E-state index in [2.05, 4.69) is 9.82 Å². The molecule has 0 saturated heterocycles. The minimum Gasteiger partial charge on any atom is -0.381 e. The lowest BCUT2D eigenvalue weighted by molar-refractivity contribution is 0.540. The van der Waals surface area contributed by atoms with Crippen LogP contribution in [0.2, 0.25) is 0 Å². The van der Waals surface area contributed by atoms with Gasteiger partial charge in [-0.05, 0) is 24.8 Å². The van der Waals surface area contributed by atoms with Gasteiger partial charge in [0.25, 0.3) is 0 Å². The Hall–Kier alpha value is -1.38. The van der Waals surface area contributed by atoms with Crippen molar-refractivity contribution in [2.24, 2.45) is 0 Å². The average Bonchev–Trinajstić information content (AvgIpc) is 3.07. The number of hydrogen-bond donors (Lipinski definition) is 2. The standard InChI is InChI=1S/C13H20N4O2S2/c1-3-6-10(11-7-5-8-20-11)16-21(18,19)12-9-17(4-2)15-13(12)14/h5,7-10,16H,3-4,6H2,1-2H3,(H2,14,15). The molecule has 6 nitrogen and oxygen atoms in total. The number of rotatable bonds is 7. The van der Waals surface area contributed by atoms with Gasteiger partial charge in [-0.25, -0.2) is 13.1 Å². The SMILES string of the molecule is CCCC(NS(=O)(=O)c1cn(CC)nc1N)c1cccs1. The third-order valence-corrected chi connectivity index (χ3v) is 5.60. The van der Waals surface area contributed by atoms with Crippen LogP contribution in [0, 0.1) is 0 Å². The van der Waals surface area contributed by atoms with E-state index >= 15 is 0 Å². The molecular weight excluding hydrogens is 308 g/mol. The van der Waals surface area contributed by atoms with Gasteiger partial charge in [0.05, 0.1) is 6.04 Å². The van der Waals surface area contributed by atoms with Gasteiger partial charge < -0.3 is 5.73 Å². The summed E-state index contributed by atoms with van der Waals surface area (Å²) in [6.07, 6.45) is 3.09. The maximum Gasteiger partial charge on any atom is 0.246 e. The topological polar surface area (TPSA) is 90.0 Å². The molecule has 3 N–H and O–H groups in total. The van der Waals surface area contributed by atoms with Gasteiger partial charge in [0.2, 0.25) is 10.0 Å². The Balaban J connectivity index is 2.28. The average molecular weight is 328 g/mol. The van der Waals surface area contributed by atoms with Crippen LogP contribution >= 0.6 is 11.3 Å². The Morgan fingerprint density at radius 3 is 2.76 bits per heavy atom. The highest BCUT2D eigenvalue weighted by atomic mass is 32.2. The second-order valence-corrected chi connectivity index (χ2v) is 7.37. The zero-order chi connectivity index (χ0) is 15.5. The first-order valence-electron chi connectivity index (χ1n) is 6.86. The molecule has 2 rings (SSSR count). The summed E-state index contributed by atoms with van der Waals surface area (Å²) in [5, 5.41) is 5.93. The third-order valence-electron chi connectivity index (χ3n) is 3.13. The van der Waals surface area contributed by atoms with E-state index in [-0.39, 0.29) is 16.8 Å². The number of thiophene rings is 1. The summed E-state index contributed by atoms with van der Waals surface area (Å²) in [5.74, 6) is 0.0331.